The molecule has 3 heterocycles. The number of hydrogen-bond acceptors (Lipinski definition) is 8. The number of hydrogen-bond donors (Lipinski definition) is 6. The van der Waals surface area contributed by atoms with Gasteiger partial charge in [0.2, 0.25) is 0 Å². The van der Waals surface area contributed by atoms with E-state index in [0.29, 0.717) is 17.1 Å². The van der Waals surface area contributed by atoms with E-state index in [2.05, 4.69) is 26.1 Å². The summed E-state index contributed by atoms with van der Waals surface area (Å²) in [6, 6.07) is 18.3. The number of anilines is 1. The highest BCUT2D eigenvalue weighted by atomic mass is 16.5. The monoisotopic (exact) mass is 547 g/mol. The fraction of sp³-hybridized carbons (Fsp3) is 0.250. The second-order valence-corrected chi connectivity index (χ2v) is 7.76. The Hall–Kier alpha value is -4.81. The zero-order valence-corrected chi connectivity index (χ0v) is 23.2. The largest absolute Gasteiger partial charge is 0.482 e. The molecule has 0 unspecified atom stereocenters. The molecule has 0 bridgehead atoms. The number of carbonyl (C=O) groups is 2. The molecule has 12 heteroatoms. The molecular weight excluding hydrogens is 510 g/mol. The fourth-order valence-corrected chi connectivity index (χ4v) is 3.45. The zero-order chi connectivity index (χ0) is 29.5. The summed E-state index contributed by atoms with van der Waals surface area (Å²) in [5, 5.41) is 17.2. The first-order chi connectivity index (χ1) is 19.4. The predicted molar refractivity (Wildman–Crippen MR) is 156 cm³/mol. The number of nitrogens with two attached hydrogens (primary N) is 2. The summed E-state index contributed by atoms with van der Waals surface area (Å²) in [4.78, 5) is 28.1. The molecule has 1 aliphatic heterocycles. The number of rotatable bonds is 6. The fourth-order valence-electron chi connectivity index (χ4n) is 3.45. The number of nitrogens with zero attached hydrogens (tertiary/aromatic N) is 3. The van der Waals surface area contributed by atoms with Gasteiger partial charge in [0.05, 0.1) is 11.9 Å². The van der Waals surface area contributed by atoms with Gasteiger partial charge in [0, 0.05) is 19.2 Å². The van der Waals surface area contributed by atoms with Crippen LogP contribution in [0.25, 0.3) is 5.65 Å². The van der Waals surface area contributed by atoms with Crippen LogP contribution in [0.1, 0.15) is 55.0 Å². The zero-order valence-electron chi connectivity index (χ0n) is 23.2. The molecule has 2 aromatic carbocycles. The SMILES string of the molecule is CC.CC.N=C(N)c1cc(C(=O)NCc2ccc3c(c2)NC(=O)CO3)nc2ccnn12.NNCc1ccccc1. The van der Waals surface area contributed by atoms with Gasteiger partial charge >= 0.3 is 0 Å². The number of fused-ring (bicyclic) bond motifs is 2. The highest BCUT2D eigenvalue weighted by molar-refractivity contribution is 5.98. The summed E-state index contributed by atoms with van der Waals surface area (Å²) in [5.41, 5.74) is 11.5. The van der Waals surface area contributed by atoms with Gasteiger partial charge in [-0.15, -0.1) is 0 Å². The number of nitrogens with one attached hydrogen (secondary N) is 4. The molecule has 2 amide bonds. The lowest BCUT2D eigenvalue weighted by molar-refractivity contribution is -0.118. The molecule has 0 saturated carbocycles. The molecule has 40 heavy (non-hydrogen) atoms. The summed E-state index contributed by atoms with van der Waals surface area (Å²) in [6.45, 7) is 8.95. The Morgan fingerprint density at radius 1 is 1.05 bits per heavy atom. The van der Waals surface area contributed by atoms with Gasteiger partial charge in [-0.3, -0.25) is 26.3 Å². The Kier molecular flexibility index (Phi) is 12.7. The van der Waals surface area contributed by atoms with Crippen molar-refractivity contribution in [1.82, 2.24) is 25.3 Å². The van der Waals surface area contributed by atoms with E-state index in [-0.39, 0.29) is 36.3 Å². The van der Waals surface area contributed by atoms with Crippen molar-refractivity contribution in [2.75, 3.05) is 11.9 Å². The number of aromatic nitrogens is 3. The average Bonchev–Trinajstić information content (AvgIpc) is 3.47. The van der Waals surface area contributed by atoms with Crippen molar-refractivity contribution < 1.29 is 14.3 Å². The number of ether oxygens (including phenoxy) is 1. The van der Waals surface area contributed by atoms with E-state index in [1.807, 2.05) is 58.0 Å². The van der Waals surface area contributed by atoms with Crippen LogP contribution in [0.5, 0.6) is 5.75 Å². The molecule has 0 aliphatic carbocycles. The van der Waals surface area contributed by atoms with Crippen molar-refractivity contribution in [1.29, 1.82) is 5.41 Å². The van der Waals surface area contributed by atoms with Crippen molar-refractivity contribution in [3.63, 3.8) is 0 Å². The van der Waals surface area contributed by atoms with Crippen LogP contribution in [0.2, 0.25) is 0 Å². The topological polar surface area (TPSA) is 186 Å². The Bertz CT molecular complexity index is 1400. The minimum atomic E-state index is -0.417. The summed E-state index contributed by atoms with van der Waals surface area (Å²) < 4.78 is 6.70. The highest BCUT2D eigenvalue weighted by Crippen LogP contribution is 2.28. The highest BCUT2D eigenvalue weighted by Gasteiger charge is 2.17. The molecule has 0 fully saturated rings. The lowest BCUT2D eigenvalue weighted by Gasteiger charge is -2.18. The molecular formula is C28H37N9O3. The molecule has 0 radical (unpaired) electrons. The second kappa shape index (κ2) is 16.2. The maximum absolute atomic E-state index is 12.5. The molecule has 212 valence electrons. The second-order valence-electron chi connectivity index (χ2n) is 7.76. The lowest BCUT2D eigenvalue weighted by Crippen LogP contribution is -2.27. The van der Waals surface area contributed by atoms with Crippen molar-refractivity contribution in [2.24, 2.45) is 11.6 Å². The van der Waals surface area contributed by atoms with Gasteiger partial charge in [-0.1, -0.05) is 64.1 Å². The number of amides is 2. The summed E-state index contributed by atoms with van der Waals surface area (Å²) >= 11 is 0. The van der Waals surface area contributed by atoms with Gasteiger partial charge in [-0.25, -0.2) is 9.50 Å². The van der Waals surface area contributed by atoms with Crippen LogP contribution >= 0.6 is 0 Å². The van der Waals surface area contributed by atoms with Crippen LogP contribution < -0.4 is 32.4 Å². The van der Waals surface area contributed by atoms with Crippen LogP contribution in [0, 0.1) is 5.41 Å². The van der Waals surface area contributed by atoms with Gasteiger partial charge in [-0.05, 0) is 29.3 Å². The van der Waals surface area contributed by atoms with Crippen LogP contribution in [0.15, 0.2) is 66.9 Å². The normalized spacial score (nSPS) is 11.1. The van der Waals surface area contributed by atoms with Crippen LogP contribution in [-0.4, -0.2) is 38.9 Å². The molecule has 1 aliphatic rings. The standard InChI is InChI=1S/C17H15N7O3.C7H10N2.2C2H6/c18-16(19)12-6-11(22-14-3-4-21-24(12)14)17(26)20-7-9-1-2-13-10(5-9)23-15(25)8-27-13;8-9-6-7-4-2-1-3-5-7;2*1-2/h1-6H,7-8H2,(H3,18,19)(H,20,26)(H,23,25);1-5,9H,6,8H2;2*1-2H3. The van der Waals surface area contributed by atoms with E-state index in [4.69, 9.17) is 21.7 Å². The van der Waals surface area contributed by atoms with E-state index in [0.717, 1.165) is 12.1 Å². The summed E-state index contributed by atoms with van der Waals surface area (Å²) in [7, 11) is 0. The maximum atomic E-state index is 12.5. The smallest absolute Gasteiger partial charge is 0.270 e. The molecule has 8 N–H and O–H groups in total. The molecule has 0 saturated heterocycles. The van der Waals surface area contributed by atoms with E-state index in [9.17, 15) is 9.59 Å². The van der Waals surface area contributed by atoms with Gasteiger partial charge in [0.1, 0.15) is 23.0 Å². The van der Waals surface area contributed by atoms with E-state index in [1.165, 1.54) is 22.3 Å². The predicted octanol–water partition coefficient (Wildman–Crippen LogP) is 2.98. The van der Waals surface area contributed by atoms with Crippen molar-refractivity contribution in [3.05, 3.63) is 89.4 Å². The number of benzene rings is 2. The van der Waals surface area contributed by atoms with Gasteiger partial charge < -0.3 is 21.1 Å². The third-order valence-corrected chi connectivity index (χ3v) is 5.15. The van der Waals surface area contributed by atoms with E-state index >= 15 is 0 Å². The maximum Gasteiger partial charge on any atom is 0.270 e. The Morgan fingerprint density at radius 2 is 1.77 bits per heavy atom. The van der Waals surface area contributed by atoms with Gasteiger partial charge in [0.15, 0.2) is 12.3 Å². The minimum Gasteiger partial charge on any atom is -0.482 e. The average molecular weight is 548 g/mol. The first kappa shape index (κ1) is 31.4. The Balaban J connectivity index is 0.000000362. The molecule has 12 nitrogen and oxygen atoms in total. The summed E-state index contributed by atoms with van der Waals surface area (Å²) in [5.74, 6) is 4.84. The Labute approximate surface area is 233 Å². The van der Waals surface area contributed by atoms with E-state index < -0.39 is 5.91 Å². The molecule has 4 aromatic rings. The lowest BCUT2D eigenvalue weighted by atomic mass is 10.1. The molecule has 2 aromatic heterocycles. The van der Waals surface area contributed by atoms with Gasteiger partial charge in [-0.2, -0.15) is 5.10 Å². The summed E-state index contributed by atoms with van der Waals surface area (Å²) in [6.07, 6.45) is 1.51. The first-order valence-corrected chi connectivity index (χ1v) is 12.9. The first-order valence-electron chi connectivity index (χ1n) is 12.9. The Morgan fingerprint density at radius 3 is 2.45 bits per heavy atom. The van der Waals surface area contributed by atoms with Crippen molar-refractivity contribution in [2.45, 2.75) is 40.8 Å². The van der Waals surface area contributed by atoms with E-state index in [1.54, 1.807) is 24.3 Å². The van der Waals surface area contributed by atoms with Crippen LogP contribution in [0.3, 0.4) is 0 Å². The van der Waals surface area contributed by atoms with Crippen molar-refractivity contribution in [3.8, 4) is 5.75 Å². The minimum absolute atomic E-state index is 0.00962. The number of hydrazine groups is 1. The molecule has 0 spiro atoms. The van der Waals surface area contributed by atoms with Gasteiger partial charge in [0.25, 0.3) is 11.8 Å². The molecule has 0 atom stereocenters. The van der Waals surface area contributed by atoms with Crippen LogP contribution in [-0.2, 0) is 17.9 Å². The number of amidine groups is 1. The molecule has 5 rings (SSSR count). The quantitative estimate of drug-likeness (QED) is 0.0920. The van der Waals surface area contributed by atoms with Crippen molar-refractivity contribution >= 4 is 29.0 Å². The third kappa shape index (κ3) is 8.61. The number of nitrogen functional groups attached to an aromatic ring is 1. The van der Waals surface area contributed by atoms with Crippen LogP contribution in [0.4, 0.5) is 5.69 Å². The third-order valence-electron chi connectivity index (χ3n) is 5.15. The number of carbonyl (C=O) groups excluding carboxylic acids is 2.